The van der Waals surface area contributed by atoms with Gasteiger partial charge in [0.1, 0.15) is 0 Å². The van der Waals surface area contributed by atoms with Crippen molar-refractivity contribution < 1.29 is 157 Å². The van der Waals surface area contributed by atoms with Gasteiger partial charge >= 0.3 is 162 Å². The van der Waals surface area contributed by atoms with Crippen molar-refractivity contribution in [2.24, 2.45) is 0 Å². The van der Waals surface area contributed by atoms with E-state index in [4.69, 9.17) is 0 Å². The van der Waals surface area contributed by atoms with Crippen LogP contribution < -0.4 is 0 Å². The minimum absolute atomic E-state index is 0. The zero-order chi connectivity index (χ0) is 0. The van der Waals surface area contributed by atoms with Crippen LogP contribution in [-0.4, -0.2) is 92.2 Å². The number of hydrogen-bond donors (Lipinski definition) is 0. The summed E-state index contributed by atoms with van der Waals surface area (Å²) in [5.41, 5.74) is 0. The predicted octanol–water partition coefficient (Wildman–Crippen LogP) is -3.43. The summed E-state index contributed by atoms with van der Waals surface area (Å²) in [4.78, 5) is 0. The summed E-state index contributed by atoms with van der Waals surface area (Å²) in [5.74, 6) is 0. The third-order valence-corrected chi connectivity index (χ3v) is 0. The fourth-order valence-corrected chi connectivity index (χ4v) is 0. The molecule has 0 amide bonds. The Labute approximate surface area is 246 Å². The Bertz CT molecular complexity index is 30.0. The first-order valence-electron chi connectivity index (χ1n) is 0. The first-order chi connectivity index (χ1) is 0. The van der Waals surface area contributed by atoms with E-state index < -0.39 is 0 Å². The molecule has 0 bridgehead atoms. The zero-order valence-electron chi connectivity index (χ0n) is 11.0. The molecule has 0 aromatic heterocycles. The van der Waals surface area contributed by atoms with Gasteiger partial charge in [0.05, 0.1) is 0 Å². The normalized spacial score (nSPS) is 0. The molecule has 0 saturated carbocycles. The molecular weight excluding hydrogens is 561 g/mol. The molecule has 24 heavy (non-hydrogen) atoms. The van der Waals surface area contributed by atoms with E-state index in [1.165, 1.54) is 0 Å². The molecule has 0 aliphatic carbocycles. The number of hydrogen-bond acceptors (Lipinski definition) is 0. The van der Waals surface area contributed by atoms with Gasteiger partial charge in [0, 0.05) is 0 Å². The van der Waals surface area contributed by atoms with E-state index in [2.05, 4.69) is 0 Å². The molecule has 24 heteroatoms. The maximum absolute atomic E-state index is 0. The Hall–Kier alpha value is 4.55. The topological polar surface area (TPSA) is 456 Å². The van der Waals surface area contributed by atoms with Gasteiger partial charge in [-0.3, -0.25) is 0 Å². The van der Waals surface area contributed by atoms with Crippen molar-refractivity contribution in [1.82, 2.24) is 0 Å². The molecule has 0 aromatic rings. The zero-order valence-corrected chi connectivity index (χ0v) is 21.8. The maximum Gasteiger partial charge on any atom is 6.00 e. The second-order valence-corrected chi connectivity index (χ2v) is 0. The van der Waals surface area contributed by atoms with Crippen molar-refractivity contribution in [2.45, 2.75) is 0 Å². The van der Waals surface area contributed by atoms with Gasteiger partial charge in [0.25, 0.3) is 0 Å². The van der Waals surface area contributed by atoms with Crippen molar-refractivity contribution in [3.8, 4) is 0 Å². The van der Waals surface area contributed by atoms with Crippen LogP contribution in [0.15, 0.2) is 0 Å². The van der Waals surface area contributed by atoms with Crippen molar-refractivity contribution in [3.05, 3.63) is 0 Å². The van der Waals surface area contributed by atoms with Crippen LogP contribution in [0.3, 0.4) is 0 Å². The van der Waals surface area contributed by atoms with Crippen LogP contribution in [0.1, 0.15) is 0 Å². The van der Waals surface area contributed by atoms with E-state index >= 15 is 0 Å². The Balaban J connectivity index is 0. The van der Waals surface area contributed by atoms with E-state index in [0.29, 0.717) is 0 Å². The quantitative estimate of drug-likeness (QED) is 0.261. The summed E-state index contributed by atoms with van der Waals surface area (Å²) >= 11 is 0. The Morgan fingerprint density at radius 3 is 0.125 bits per heavy atom. The molecule has 0 radical (unpaired) electrons. The summed E-state index contributed by atoms with van der Waals surface area (Å²) in [6, 6.07) is 0. The van der Waals surface area contributed by atoms with Gasteiger partial charge in [-0.1, -0.05) is 0 Å². The molecule has 0 unspecified atom stereocenters. The molecule has 16 nitrogen and oxygen atoms in total. The molecule has 0 fully saturated rings. The van der Waals surface area contributed by atoms with Crippen LogP contribution in [0.2, 0.25) is 0 Å². The summed E-state index contributed by atoms with van der Waals surface area (Å²) in [6.45, 7) is 0. The summed E-state index contributed by atoms with van der Waals surface area (Å²) < 4.78 is 0. The Kier molecular flexibility index (Phi) is 40800. The van der Waals surface area contributed by atoms with E-state index in [9.17, 15) is 0 Å². The van der Waals surface area contributed by atoms with Crippen LogP contribution in [-0.2, 0) is 157 Å². The smallest absolute Gasteiger partial charge is 2.00 e. The van der Waals surface area contributed by atoms with E-state index in [1.54, 1.807) is 0 Å². The summed E-state index contributed by atoms with van der Waals surface area (Å²) in [5, 5.41) is 0. The van der Waals surface area contributed by atoms with Gasteiger partial charge in [-0.25, -0.2) is 0 Å². The van der Waals surface area contributed by atoms with Crippen LogP contribution >= 0.6 is 0 Å². The molecule has 0 N–H and O–H groups in total. The molecule has 0 spiro atoms. The second-order valence-electron chi connectivity index (χ2n) is 0. The van der Waals surface area contributed by atoms with Crippen molar-refractivity contribution in [2.75, 3.05) is 0 Å². The SMILES string of the molecule is [Cr+6].[Cr+6].[Cr+6].[Cr+6].[Mg+2].[Mg+2].[Mg+2].[Mg+2].[O-2].[O-2].[O-2].[O-2].[O-2].[O-2].[O-2].[O-2].[O-2].[O-2].[O-2].[O-2].[O-2].[O-2].[O-2].[O-2]. The van der Waals surface area contributed by atoms with Crippen molar-refractivity contribution >= 4 is 92.2 Å². The molecule has 0 rings (SSSR count). The molecule has 0 aliphatic rings. The van der Waals surface area contributed by atoms with Crippen LogP contribution in [0, 0.1) is 0 Å². The molecule has 0 saturated heterocycles. The summed E-state index contributed by atoms with van der Waals surface area (Å²) in [6.07, 6.45) is 0. The molecule has 0 atom stereocenters. The van der Waals surface area contributed by atoms with E-state index in [0.717, 1.165) is 0 Å². The largest absolute Gasteiger partial charge is 6.00 e. The molecule has 0 aromatic carbocycles. The van der Waals surface area contributed by atoms with E-state index in [-0.39, 0.29) is 249 Å². The Morgan fingerprint density at radius 2 is 0.125 bits per heavy atom. The van der Waals surface area contributed by atoms with Crippen LogP contribution in [0.4, 0.5) is 0 Å². The second kappa shape index (κ2) is 937. The third-order valence-electron chi connectivity index (χ3n) is 0. The number of rotatable bonds is 0. The van der Waals surface area contributed by atoms with Crippen molar-refractivity contribution in [3.63, 3.8) is 0 Å². The fourth-order valence-electron chi connectivity index (χ4n) is 0. The molecule has 0 aliphatic heterocycles. The average Bonchev–Trinajstić information content (AvgIpc) is 0. The standard InChI is InChI=1S/4Cr.4Mg.16O/q4*+6;4*+2;16*-2. The van der Waals surface area contributed by atoms with Gasteiger partial charge in [-0.15, -0.1) is 0 Å². The van der Waals surface area contributed by atoms with E-state index in [1.807, 2.05) is 0 Å². The first kappa shape index (κ1) is 1050. The predicted molar refractivity (Wildman–Crippen MR) is 34.0 cm³/mol. The fraction of sp³-hybridized carbons (Fsp3) is 0. The molecule has 0 heterocycles. The van der Waals surface area contributed by atoms with Gasteiger partial charge in [0.2, 0.25) is 0 Å². The van der Waals surface area contributed by atoms with Gasteiger partial charge in [-0.2, -0.15) is 0 Å². The van der Waals surface area contributed by atoms with Crippen LogP contribution in [0.5, 0.6) is 0 Å². The van der Waals surface area contributed by atoms with Gasteiger partial charge in [0.15, 0.2) is 0 Å². The minimum atomic E-state index is 0. The van der Waals surface area contributed by atoms with Gasteiger partial charge < -0.3 is 87.6 Å². The van der Waals surface area contributed by atoms with Crippen LogP contribution in [0.25, 0.3) is 0 Å². The summed E-state index contributed by atoms with van der Waals surface area (Å²) in [7, 11) is 0. The monoisotopic (exact) mass is 560 g/mol. The third kappa shape index (κ3) is 836. The Morgan fingerprint density at radius 1 is 0.125 bits per heavy atom. The van der Waals surface area contributed by atoms with Crippen molar-refractivity contribution in [1.29, 1.82) is 0 Å². The average molecular weight is 561 g/mol. The van der Waals surface area contributed by atoms with Gasteiger partial charge in [-0.05, 0) is 0 Å². The maximum atomic E-state index is 0. The molecular formula is Cr4Mg4O16. The first-order valence-corrected chi connectivity index (χ1v) is 0. The minimum Gasteiger partial charge on any atom is -2.00 e. The molecule has 128 valence electrons.